The fourth-order valence-corrected chi connectivity index (χ4v) is 4.31. The van der Waals surface area contributed by atoms with Gasteiger partial charge in [0.05, 0.1) is 18.6 Å². The molecule has 0 bridgehead atoms. The van der Waals surface area contributed by atoms with Gasteiger partial charge in [0.1, 0.15) is 5.75 Å². The van der Waals surface area contributed by atoms with Crippen LogP contribution in [0.4, 0.5) is 11.4 Å². The molecule has 0 atom stereocenters. The van der Waals surface area contributed by atoms with Gasteiger partial charge >= 0.3 is 0 Å². The zero-order valence-electron chi connectivity index (χ0n) is 18.7. The van der Waals surface area contributed by atoms with E-state index in [9.17, 15) is 13.2 Å². The van der Waals surface area contributed by atoms with Crippen LogP contribution in [0.2, 0.25) is 0 Å². The Morgan fingerprint density at radius 2 is 1.70 bits per heavy atom. The maximum absolute atomic E-state index is 12.6. The molecular weight excluding hydrogens is 440 g/mol. The molecule has 0 fully saturated rings. The van der Waals surface area contributed by atoms with Gasteiger partial charge in [-0.3, -0.25) is 9.10 Å². The van der Waals surface area contributed by atoms with E-state index in [1.54, 1.807) is 49.6 Å². The summed E-state index contributed by atoms with van der Waals surface area (Å²) in [7, 11) is -1.98. The molecule has 3 aromatic rings. The van der Waals surface area contributed by atoms with Gasteiger partial charge in [-0.1, -0.05) is 42.5 Å². The number of ether oxygens (including phenoxy) is 2. The van der Waals surface area contributed by atoms with Gasteiger partial charge in [0.2, 0.25) is 15.9 Å². The van der Waals surface area contributed by atoms with Crippen LogP contribution < -0.4 is 14.4 Å². The molecule has 174 valence electrons. The molecule has 3 rings (SSSR count). The first kappa shape index (κ1) is 24.3. The van der Waals surface area contributed by atoms with Crippen molar-refractivity contribution < 1.29 is 22.7 Å². The van der Waals surface area contributed by atoms with Crippen molar-refractivity contribution in [3.05, 3.63) is 84.4 Å². The summed E-state index contributed by atoms with van der Waals surface area (Å²) in [6.07, 6.45) is 1.66. The standard InChI is InChI=1S/C25H28N2O5S/c1-31-19-20-10-8-11-21(18-20)26-25(28)16-9-17-27(33(2,29)30)23-14-6-7-15-24(23)32-22-12-4-3-5-13-22/h3-8,10-15,18H,9,16-17,19H2,1-2H3,(H,26,28). The average Bonchev–Trinajstić information content (AvgIpc) is 2.78. The lowest BCUT2D eigenvalue weighted by molar-refractivity contribution is -0.116. The summed E-state index contributed by atoms with van der Waals surface area (Å²) >= 11 is 0. The van der Waals surface area contributed by atoms with E-state index >= 15 is 0 Å². The summed E-state index contributed by atoms with van der Waals surface area (Å²) < 4.78 is 37.4. The molecule has 0 heterocycles. The van der Waals surface area contributed by atoms with E-state index in [2.05, 4.69) is 5.32 Å². The highest BCUT2D eigenvalue weighted by Gasteiger charge is 2.21. The summed E-state index contributed by atoms with van der Waals surface area (Å²) in [5, 5.41) is 2.85. The number of rotatable bonds is 11. The van der Waals surface area contributed by atoms with Crippen molar-refractivity contribution >= 4 is 27.3 Å². The molecule has 1 amide bonds. The van der Waals surface area contributed by atoms with E-state index < -0.39 is 10.0 Å². The molecule has 0 aromatic heterocycles. The van der Waals surface area contributed by atoms with E-state index in [-0.39, 0.29) is 18.9 Å². The molecule has 0 aliphatic carbocycles. The molecule has 0 radical (unpaired) electrons. The Labute approximate surface area is 195 Å². The van der Waals surface area contributed by atoms with Gasteiger partial charge in [0, 0.05) is 25.8 Å². The van der Waals surface area contributed by atoms with Crippen LogP contribution in [0.25, 0.3) is 0 Å². The van der Waals surface area contributed by atoms with E-state index in [0.29, 0.717) is 35.9 Å². The number of anilines is 2. The van der Waals surface area contributed by atoms with Gasteiger partial charge in [-0.2, -0.15) is 0 Å². The Morgan fingerprint density at radius 1 is 0.970 bits per heavy atom. The number of amides is 1. The Bertz CT molecular complexity index is 1170. The molecule has 0 aliphatic rings. The molecule has 1 N–H and O–H groups in total. The summed E-state index contributed by atoms with van der Waals surface area (Å²) in [4.78, 5) is 12.4. The van der Waals surface area contributed by atoms with E-state index in [0.717, 1.165) is 11.8 Å². The molecule has 0 unspecified atom stereocenters. The van der Waals surface area contributed by atoms with Gasteiger partial charge in [0.15, 0.2) is 5.75 Å². The SMILES string of the molecule is COCc1cccc(NC(=O)CCCN(c2ccccc2Oc2ccccc2)S(C)(=O)=O)c1. The van der Waals surface area contributed by atoms with Crippen molar-refractivity contribution in [1.29, 1.82) is 0 Å². The lowest BCUT2D eigenvalue weighted by Gasteiger charge is -2.24. The van der Waals surface area contributed by atoms with Crippen LogP contribution in [-0.2, 0) is 26.2 Å². The van der Waals surface area contributed by atoms with E-state index in [4.69, 9.17) is 9.47 Å². The average molecular weight is 469 g/mol. The predicted molar refractivity (Wildman–Crippen MR) is 130 cm³/mol. The predicted octanol–water partition coefficient (Wildman–Crippen LogP) is 4.81. The van der Waals surface area contributed by atoms with Crippen molar-refractivity contribution in [2.45, 2.75) is 19.4 Å². The first-order valence-corrected chi connectivity index (χ1v) is 12.4. The zero-order valence-corrected chi connectivity index (χ0v) is 19.5. The van der Waals surface area contributed by atoms with Crippen LogP contribution in [0, 0.1) is 0 Å². The molecular formula is C25H28N2O5S. The first-order chi connectivity index (χ1) is 15.9. The summed E-state index contributed by atoms with van der Waals surface area (Å²) in [6, 6.07) is 23.5. The minimum Gasteiger partial charge on any atom is -0.455 e. The monoisotopic (exact) mass is 468 g/mol. The van der Waals surface area contributed by atoms with Gasteiger partial charge in [0.25, 0.3) is 0 Å². The molecule has 0 aliphatic heterocycles. The number of sulfonamides is 1. The van der Waals surface area contributed by atoms with Crippen molar-refractivity contribution in [2.24, 2.45) is 0 Å². The highest BCUT2D eigenvalue weighted by Crippen LogP contribution is 2.33. The number of carbonyl (C=O) groups excluding carboxylic acids is 1. The van der Waals surface area contributed by atoms with Crippen molar-refractivity contribution in [3.63, 3.8) is 0 Å². The second kappa shape index (κ2) is 11.5. The largest absolute Gasteiger partial charge is 0.455 e. The van der Waals surface area contributed by atoms with Crippen LogP contribution in [0.1, 0.15) is 18.4 Å². The number of methoxy groups -OCH3 is 1. The third-order valence-electron chi connectivity index (χ3n) is 4.79. The van der Waals surface area contributed by atoms with Gasteiger partial charge in [-0.25, -0.2) is 8.42 Å². The number of benzene rings is 3. The molecule has 7 nitrogen and oxygen atoms in total. The van der Waals surface area contributed by atoms with Crippen molar-refractivity contribution in [1.82, 2.24) is 0 Å². The third kappa shape index (κ3) is 7.34. The fraction of sp³-hybridized carbons (Fsp3) is 0.240. The second-order valence-corrected chi connectivity index (χ2v) is 9.41. The number of hydrogen-bond donors (Lipinski definition) is 1. The summed E-state index contributed by atoms with van der Waals surface area (Å²) in [5.41, 5.74) is 2.06. The van der Waals surface area contributed by atoms with Crippen LogP contribution in [0.5, 0.6) is 11.5 Å². The molecule has 3 aromatic carbocycles. The molecule has 0 saturated heterocycles. The van der Waals surface area contributed by atoms with Crippen molar-refractivity contribution in [2.75, 3.05) is 29.5 Å². The van der Waals surface area contributed by atoms with Gasteiger partial charge in [-0.05, 0) is 48.4 Å². The number of nitrogens with one attached hydrogen (secondary N) is 1. The minimum absolute atomic E-state index is 0.144. The fourth-order valence-electron chi connectivity index (χ4n) is 3.34. The normalized spacial score (nSPS) is 11.1. The molecule has 33 heavy (non-hydrogen) atoms. The summed E-state index contributed by atoms with van der Waals surface area (Å²) in [5.74, 6) is 0.842. The van der Waals surface area contributed by atoms with Crippen LogP contribution in [-0.4, -0.2) is 34.2 Å². The van der Waals surface area contributed by atoms with Crippen LogP contribution in [0.3, 0.4) is 0 Å². The highest BCUT2D eigenvalue weighted by atomic mass is 32.2. The van der Waals surface area contributed by atoms with Crippen LogP contribution >= 0.6 is 0 Å². The van der Waals surface area contributed by atoms with Gasteiger partial charge in [-0.15, -0.1) is 0 Å². The Kier molecular flexibility index (Phi) is 8.46. The zero-order chi connectivity index (χ0) is 23.7. The quantitative estimate of drug-likeness (QED) is 0.437. The molecule has 8 heteroatoms. The Hall–Kier alpha value is -3.36. The van der Waals surface area contributed by atoms with Gasteiger partial charge < -0.3 is 14.8 Å². The number of nitrogens with zero attached hydrogens (tertiary/aromatic N) is 1. The smallest absolute Gasteiger partial charge is 0.232 e. The second-order valence-electron chi connectivity index (χ2n) is 7.50. The number of para-hydroxylation sites is 3. The number of carbonyl (C=O) groups is 1. The lowest BCUT2D eigenvalue weighted by atomic mass is 10.2. The molecule has 0 saturated carbocycles. The van der Waals surface area contributed by atoms with Crippen LogP contribution in [0.15, 0.2) is 78.9 Å². The summed E-state index contributed by atoms with van der Waals surface area (Å²) in [6.45, 7) is 0.600. The lowest BCUT2D eigenvalue weighted by Crippen LogP contribution is -2.31. The first-order valence-electron chi connectivity index (χ1n) is 10.5. The van der Waals surface area contributed by atoms with E-state index in [1.165, 1.54) is 4.31 Å². The maximum atomic E-state index is 12.6. The maximum Gasteiger partial charge on any atom is 0.232 e. The topological polar surface area (TPSA) is 84.9 Å². The highest BCUT2D eigenvalue weighted by molar-refractivity contribution is 7.92. The third-order valence-corrected chi connectivity index (χ3v) is 5.97. The van der Waals surface area contributed by atoms with E-state index in [1.807, 2.05) is 36.4 Å². The Balaban J connectivity index is 1.67. The number of hydrogen-bond acceptors (Lipinski definition) is 5. The molecule has 0 spiro atoms. The Morgan fingerprint density at radius 3 is 2.42 bits per heavy atom. The van der Waals surface area contributed by atoms with Crippen molar-refractivity contribution in [3.8, 4) is 11.5 Å². The minimum atomic E-state index is -3.59.